The molecule has 16 heavy (non-hydrogen) atoms. The Morgan fingerprint density at radius 1 is 1.56 bits per heavy atom. The molecule has 1 nitrogen and oxygen atoms in total. The highest BCUT2D eigenvalue weighted by Crippen LogP contribution is 2.35. The molecule has 1 heterocycles. The Morgan fingerprint density at radius 2 is 2.38 bits per heavy atom. The van der Waals surface area contributed by atoms with Crippen molar-refractivity contribution in [2.24, 2.45) is 11.8 Å². The highest BCUT2D eigenvalue weighted by molar-refractivity contribution is 5.18. The van der Waals surface area contributed by atoms with E-state index in [2.05, 4.69) is 32.6 Å². The van der Waals surface area contributed by atoms with Gasteiger partial charge in [0.05, 0.1) is 12.5 Å². The number of furan rings is 1. The molecule has 0 N–H and O–H groups in total. The summed E-state index contributed by atoms with van der Waals surface area (Å²) in [5.74, 6) is 1.24. The summed E-state index contributed by atoms with van der Waals surface area (Å²) in [4.78, 5) is 0. The van der Waals surface area contributed by atoms with Gasteiger partial charge in [-0.05, 0) is 56.6 Å². The van der Waals surface area contributed by atoms with Crippen molar-refractivity contribution in [3.8, 4) is 0 Å². The van der Waals surface area contributed by atoms with Gasteiger partial charge in [0.2, 0.25) is 0 Å². The molecule has 0 unspecified atom stereocenters. The van der Waals surface area contributed by atoms with Gasteiger partial charge in [0.25, 0.3) is 0 Å². The lowest BCUT2D eigenvalue weighted by Gasteiger charge is -2.29. The Bertz CT molecular complexity index is 384. The van der Waals surface area contributed by atoms with Crippen molar-refractivity contribution in [1.29, 1.82) is 0 Å². The predicted molar refractivity (Wildman–Crippen MR) is 67.2 cm³/mol. The zero-order valence-electron chi connectivity index (χ0n) is 10.2. The summed E-state index contributed by atoms with van der Waals surface area (Å²) in [7, 11) is 0. The van der Waals surface area contributed by atoms with Crippen LogP contribution in [0.4, 0.5) is 0 Å². The van der Waals surface area contributed by atoms with E-state index in [1.54, 1.807) is 6.26 Å². The highest BCUT2D eigenvalue weighted by atomic mass is 16.3. The maximum absolute atomic E-state index is 5.14. The summed E-state index contributed by atoms with van der Waals surface area (Å²) in [5.41, 5.74) is 4.13. The molecule has 0 saturated heterocycles. The Labute approximate surface area is 97.9 Å². The summed E-state index contributed by atoms with van der Waals surface area (Å²) in [6, 6.07) is 2.06. The molecule has 0 radical (unpaired) electrons. The molecule has 0 aliphatic heterocycles. The molecule has 0 spiro atoms. The second-order valence-electron chi connectivity index (χ2n) is 5.00. The first-order chi connectivity index (χ1) is 7.66. The van der Waals surface area contributed by atoms with Crippen molar-refractivity contribution in [2.75, 3.05) is 0 Å². The molecular weight excluding hydrogens is 196 g/mol. The average Bonchev–Trinajstić information content (AvgIpc) is 2.70. The summed E-state index contributed by atoms with van der Waals surface area (Å²) in [6.45, 7) is 8.52. The van der Waals surface area contributed by atoms with E-state index in [9.17, 15) is 0 Å². The molecule has 0 fully saturated rings. The van der Waals surface area contributed by atoms with Gasteiger partial charge in [-0.15, -0.1) is 0 Å². The Morgan fingerprint density at radius 3 is 3.00 bits per heavy atom. The number of rotatable bonds is 3. The lowest BCUT2D eigenvalue weighted by Crippen LogP contribution is -2.20. The molecule has 86 valence electrons. The Balaban J connectivity index is 2.14. The Kier molecular flexibility index (Phi) is 3.33. The normalized spacial score (nSPS) is 25.2. The summed E-state index contributed by atoms with van der Waals surface area (Å²) in [6.07, 6.45) is 9.58. The third-order valence-electron chi connectivity index (χ3n) is 3.55. The minimum Gasteiger partial charge on any atom is -0.472 e. The van der Waals surface area contributed by atoms with Gasteiger partial charge in [0.1, 0.15) is 0 Å². The van der Waals surface area contributed by atoms with E-state index in [1.807, 2.05) is 6.26 Å². The van der Waals surface area contributed by atoms with Gasteiger partial charge in [-0.2, -0.15) is 0 Å². The van der Waals surface area contributed by atoms with Crippen molar-refractivity contribution in [3.05, 3.63) is 48.0 Å². The number of allylic oxidation sites excluding steroid dienone is 3. The fourth-order valence-electron chi connectivity index (χ4n) is 2.66. The summed E-state index contributed by atoms with van der Waals surface area (Å²) >= 11 is 0. The minimum atomic E-state index is 0.601. The molecule has 0 amide bonds. The molecule has 0 aromatic carbocycles. The summed E-state index contributed by atoms with van der Waals surface area (Å²) < 4.78 is 5.14. The van der Waals surface area contributed by atoms with E-state index >= 15 is 0 Å². The number of hydrogen-bond donors (Lipinski definition) is 0. The van der Waals surface area contributed by atoms with E-state index in [4.69, 9.17) is 4.42 Å². The van der Waals surface area contributed by atoms with Crippen molar-refractivity contribution >= 4 is 0 Å². The first-order valence-electron chi connectivity index (χ1n) is 6.00. The van der Waals surface area contributed by atoms with E-state index < -0.39 is 0 Å². The van der Waals surface area contributed by atoms with Crippen LogP contribution >= 0.6 is 0 Å². The molecule has 1 aromatic heterocycles. The predicted octanol–water partition coefficient (Wildman–Crippen LogP) is 4.37. The second kappa shape index (κ2) is 4.73. The molecule has 0 saturated carbocycles. The smallest absolute Gasteiger partial charge is 0.0934 e. The van der Waals surface area contributed by atoms with Crippen molar-refractivity contribution in [1.82, 2.24) is 0 Å². The van der Waals surface area contributed by atoms with Crippen molar-refractivity contribution in [2.45, 2.75) is 33.1 Å². The molecular formula is C15H20O. The molecule has 1 aromatic rings. The standard InChI is InChI=1S/C15H20O/c1-11(2)15-5-4-12(3)8-14(15)9-13-6-7-16-10-13/h6-8,10,14-15H,1,4-5,9H2,2-3H3/t14-,15+/m1/s1. The first-order valence-corrected chi connectivity index (χ1v) is 6.00. The summed E-state index contributed by atoms with van der Waals surface area (Å²) in [5, 5.41) is 0. The van der Waals surface area contributed by atoms with E-state index in [0.29, 0.717) is 11.8 Å². The van der Waals surface area contributed by atoms with Crippen LogP contribution in [0.25, 0.3) is 0 Å². The third-order valence-corrected chi connectivity index (χ3v) is 3.55. The van der Waals surface area contributed by atoms with Gasteiger partial charge < -0.3 is 4.42 Å². The second-order valence-corrected chi connectivity index (χ2v) is 5.00. The zero-order chi connectivity index (χ0) is 11.5. The average molecular weight is 216 g/mol. The molecule has 2 rings (SSSR count). The molecule has 1 aliphatic carbocycles. The van der Waals surface area contributed by atoms with Gasteiger partial charge >= 0.3 is 0 Å². The lowest BCUT2D eigenvalue weighted by atomic mass is 9.75. The van der Waals surface area contributed by atoms with E-state index in [0.717, 1.165) is 6.42 Å². The fraction of sp³-hybridized carbons (Fsp3) is 0.467. The van der Waals surface area contributed by atoms with Gasteiger partial charge in [-0.1, -0.05) is 23.8 Å². The van der Waals surface area contributed by atoms with E-state index in [1.165, 1.54) is 29.6 Å². The lowest BCUT2D eigenvalue weighted by molar-refractivity contribution is 0.398. The Hall–Kier alpha value is -1.24. The van der Waals surface area contributed by atoms with Gasteiger partial charge in [0, 0.05) is 0 Å². The van der Waals surface area contributed by atoms with Crippen molar-refractivity contribution in [3.63, 3.8) is 0 Å². The van der Waals surface area contributed by atoms with Gasteiger partial charge in [-0.3, -0.25) is 0 Å². The fourth-order valence-corrected chi connectivity index (χ4v) is 2.66. The largest absolute Gasteiger partial charge is 0.472 e. The maximum atomic E-state index is 5.14. The monoisotopic (exact) mass is 216 g/mol. The van der Waals surface area contributed by atoms with Crippen LogP contribution in [0.15, 0.2) is 46.8 Å². The molecule has 2 atom stereocenters. The van der Waals surface area contributed by atoms with Crippen molar-refractivity contribution < 1.29 is 4.42 Å². The first kappa shape index (κ1) is 11.3. The number of hydrogen-bond acceptors (Lipinski definition) is 1. The van der Waals surface area contributed by atoms with Gasteiger partial charge in [0.15, 0.2) is 0 Å². The van der Waals surface area contributed by atoms with Crippen LogP contribution in [0.5, 0.6) is 0 Å². The molecule has 1 heteroatoms. The van der Waals surface area contributed by atoms with Crippen LogP contribution in [-0.4, -0.2) is 0 Å². The van der Waals surface area contributed by atoms with Crippen LogP contribution in [0.1, 0.15) is 32.3 Å². The molecule has 1 aliphatic rings. The maximum Gasteiger partial charge on any atom is 0.0934 e. The van der Waals surface area contributed by atoms with Crippen LogP contribution in [-0.2, 0) is 6.42 Å². The SMILES string of the molecule is C=C(C)[C@@H]1CCC(C)=C[C@@H]1Cc1ccoc1. The topological polar surface area (TPSA) is 13.1 Å². The third kappa shape index (κ3) is 2.46. The van der Waals surface area contributed by atoms with Crippen LogP contribution in [0, 0.1) is 11.8 Å². The minimum absolute atomic E-state index is 0.601. The zero-order valence-corrected chi connectivity index (χ0v) is 10.2. The van der Waals surface area contributed by atoms with Gasteiger partial charge in [-0.25, -0.2) is 0 Å². The van der Waals surface area contributed by atoms with Crippen LogP contribution in [0.3, 0.4) is 0 Å². The van der Waals surface area contributed by atoms with Crippen LogP contribution < -0.4 is 0 Å². The highest BCUT2D eigenvalue weighted by Gasteiger charge is 2.24. The van der Waals surface area contributed by atoms with E-state index in [-0.39, 0.29) is 0 Å². The quantitative estimate of drug-likeness (QED) is 0.684. The van der Waals surface area contributed by atoms with Crippen LogP contribution in [0.2, 0.25) is 0 Å². The molecule has 0 bridgehead atoms.